The average molecular weight is 572 g/mol. The molecule has 4 aromatic rings. The Kier molecular flexibility index (Phi) is 7.66. The number of benzene rings is 1. The lowest BCUT2D eigenvalue weighted by Crippen LogP contribution is -2.26. The van der Waals surface area contributed by atoms with Gasteiger partial charge in [-0.05, 0) is 48.7 Å². The van der Waals surface area contributed by atoms with Gasteiger partial charge in [0.2, 0.25) is 5.91 Å². The summed E-state index contributed by atoms with van der Waals surface area (Å²) in [7, 11) is 1.77. The van der Waals surface area contributed by atoms with Crippen molar-refractivity contribution in [3.8, 4) is 28.1 Å². The van der Waals surface area contributed by atoms with Gasteiger partial charge in [0.25, 0.3) is 5.56 Å². The number of pyridine rings is 2. The van der Waals surface area contributed by atoms with Crippen molar-refractivity contribution in [1.82, 2.24) is 19.3 Å². The van der Waals surface area contributed by atoms with Gasteiger partial charge in [-0.2, -0.15) is 13.9 Å². The quantitative estimate of drug-likeness (QED) is 0.322. The van der Waals surface area contributed by atoms with Gasteiger partial charge in [0, 0.05) is 37.0 Å². The molecule has 8 nitrogen and oxygen atoms in total. The van der Waals surface area contributed by atoms with Crippen LogP contribution < -0.4 is 15.6 Å². The van der Waals surface area contributed by atoms with Crippen molar-refractivity contribution in [3.05, 3.63) is 81.9 Å². The summed E-state index contributed by atoms with van der Waals surface area (Å²) in [5.74, 6) is -1.84. The third-order valence-electron chi connectivity index (χ3n) is 7.00. The monoisotopic (exact) mass is 571 g/mol. The third-order valence-corrected chi connectivity index (χ3v) is 7.29. The number of alkyl halides is 2. The molecular formula is C28H25ClF3N5O3. The maximum absolute atomic E-state index is 15.0. The summed E-state index contributed by atoms with van der Waals surface area (Å²) in [6, 6.07) is 7.96. The Balaban J connectivity index is 1.60. The molecule has 1 aliphatic rings. The van der Waals surface area contributed by atoms with E-state index in [0.717, 1.165) is 23.8 Å². The Morgan fingerprint density at radius 3 is 2.67 bits per heavy atom. The van der Waals surface area contributed by atoms with E-state index in [1.165, 1.54) is 16.8 Å². The van der Waals surface area contributed by atoms with Crippen molar-refractivity contribution in [3.63, 3.8) is 0 Å². The lowest BCUT2D eigenvalue weighted by atomic mass is 9.96. The SMILES string of the molecule is C[C@@H]1CCC[C@H](n2ccc(-c3c(OC(F)F)ccc(Cl)c3F)cc2=O)c2cc(ccn2)-c2c(cnn2C)NC1=O. The maximum atomic E-state index is 15.0. The number of halogens is 4. The molecular weight excluding hydrogens is 547 g/mol. The number of anilines is 1. The first kappa shape index (κ1) is 27.4. The van der Waals surface area contributed by atoms with Crippen molar-refractivity contribution >= 4 is 23.2 Å². The zero-order chi connectivity index (χ0) is 28.6. The van der Waals surface area contributed by atoms with Crippen molar-refractivity contribution in [2.24, 2.45) is 13.0 Å². The van der Waals surface area contributed by atoms with E-state index in [0.29, 0.717) is 36.3 Å². The largest absolute Gasteiger partial charge is 0.434 e. The predicted octanol–water partition coefficient (Wildman–Crippen LogP) is 6.05. The molecule has 1 N–H and O–H groups in total. The third kappa shape index (κ3) is 5.33. The molecule has 0 aliphatic carbocycles. The topological polar surface area (TPSA) is 91.0 Å². The molecule has 3 aromatic heterocycles. The number of amides is 1. The Hall–Kier alpha value is -4.12. The summed E-state index contributed by atoms with van der Waals surface area (Å²) < 4.78 is 48.6. The van der Waals surface area contributed by atoms with E-state index in [1.54, 1.807) is 30.2 Å². The van der Waals surface area contributed by atoms with Gasteiger partial charge in [0.15, 0.2) is 5.82 Å². The second-order valence-electron chi connectivity index (χ2n) is 9.61. The van der Waals surface area contributed by atoms with Crippen LogP contribution in [0.25, 0.3) is 22.4 Å². The van der Waals surface area contributed by atoms with Gasteiger partial charge >= 0.3 is 6.61 Å². The lowest BCUT2D eigenvalue weighted by molar-refractivity contribution is -0.119. The molecule has 208 valence electrons. The highest BCUT2D eigenvalue weighted by atomic mass is 35.5. The number of carbonyl (C=O) groups is 1. The predicted molar refractivity (Wildman–Crippen MR) is 144 cm³/mol. The fourth-order valence-electron chi connectivity index (χ4n) is 4.98. The summed E-state index contributed by atoms with van der Waals surface area (Å²) in [5, 5.41) is 6.96. The summed E-state index contributed by atoms with van der Waals surface area (Å²) in [4.78, 5) is 30.8. The molecule has 1 amide bonds. The van der Waals surface area contributed by atoms with Gasteiger partial charge in [-0.1, -0.05) is 24.9 Å². The molecule has 0 unspecified atom stereocenters. The minimum Gasteiger partial charge on any atom is -0.434 e. The molecule has 0 saturated carbocycles. The summed E-state index contributed by atoms with van der Waals surface area (Å²) in [6.07, 6.45) is 6.34. The molecule has 5 rings (SSSR count). The van der Waals surface area contributed by atoms with Gasteiger partial charge in [-0.15, -0.1) is 0 Å². The van der Waals surface area contributed by atoms with Crippen LogP contribution in [0.2, 0.25) is 5.02 Å². The number of ether oxygens (including phenoxy) is 1. The Morgan fingerprint density at radius 1 is 1.12 bits per heavy atom. The summed E-state index contributed by atoms with van der Waals surface area (Å²) in [6.45, 7) is -1.36. The number of nitrogens with one attached hydrogen (secondary N) is 1. The van der Waals surface area contributed by atoms with E-state index >= 15 is 0 Å². The number of rotatable bonds is 4. The Labute approximate surface area is 232 Å². The summed E-state index contributed by atoms with van der Waals surface area (Å²) >= 11 is 5.91. The molecule has 2 atom stereocenters. The van der Waals surface area contributed by atoms with Crippen LogP contribution in [-0.2, 0) is 11.8 Å². The van der Waals surface area contributed by atoms with Gasteiger partial charge in [0.05, 0.1) is 39.9 Å². The van der Waals surface area contributed by atoms with E-state index in [9.17, 15) is 22.8 Å². The lowest BCUT2D eigenvalue weighted by Gasteiger charge is -2.23. The van der Waals surface area contributed by atoms with Crippen molar-refractivity contribution < 1.29 is 22.7 Å². The zero-order valence-electron chi connectivity index (χ0n) is 21.6. The number of aryl methyl sites for hydroxylation is 1. The number of hydrogen-bond donors (Lipinski definition) is 1. The van der Waals surface area contributed by atoms with Crippen molar-refractivity contribution in [2.75, 3.05) is 5.32 Å². The fourth-order valence-corrected chi connectivity index (χ4v) is 5.14. The number of carbonyl (C=O) groups excluding carboxylic acids is 1. The van der Waals surface area contributed by atoms with Crippen LogP contribution in [0.1, 0.15) is 37.9 Å². The molecule has 1 aliphatic heterocycles. The zero-order valence-corrected chi connectivity index (χ0v) is 22.3. The molecule has 0 radical (unpaired) electrons. The number of fused-ring (bicyclic) bond motifs is 4. The Morgan fingerprint density at radius 2 is 1.93 bits per heavy atom. The van der Waals surface area contributed by atoms with Crippen LogP contribution in [0.3, 0.4) is 0 Å². The van der Waals surface area contributed by atoms with Crippen LogP contribution >= 0.6 is 11.6 Å². The van der Waals surface area contributed by atoms with Crippen LogP contribution in [0, 0.1) is 11.7 Å². The molecule has 40 heavy (non-hydrogen) atoms. The van der Waals surface area contributed by atoms with Crippen LogP contribution in [-0.4, -0.2) is 31.9 Å². The van der Waals surface area contributed by atoms with E-state index in [4.69, 9.17) is 11.6 Å². The van der Waals surface area contributed by atoms with Gasteiger partial charge in [-0.25, -0.2) is 4.39 Å². The van der Waals surface area contributed by atoms with Gasteiger partial charge in [0.1, 0.15) is 5.75 Å². The first-order valence-electron chi connectivity index (χ1n) is 12.6. The van der Waals surface area contributed by atoms with Crippen LogP contribution in [0.15, 0.2) is 59.8 Å². The highest BCUT2D eigenvalue weighted by Gasteiger charge is 2.25. The molecule has 0 saturated heterocycles. The molecule has 1 aromatic carbocycles. The number of aromatic nitrogens is 4. The van der Waals surface area contributed by atoms with E-state index in [2.05, 4.69) is 20.1 Å². The standard InChI is InChI=1S/C28H25ClF3N5O3/c1-15-4-3-5-21(19-12-17(8-10-33-19)26-20(35-27(15)39)14-34-36(26)2)37-11-9-16(13-23(37)38)24-22(40-28(31)32)7-6-18(29)25(24)30/h6-15,21,28H,3-5H2,1-2H3,(H,35,39)/t15-,21+/m1/s1. The minimum atomic E-state index is -3.20. The highest BCUT2D eigenvalue weighted by molar-refractivity contribution is 6.31. The van der Waals surface area contributed by atoms with E-state index in [-0.39, 0.29) is 28.0 Å². The van der Waals surface area contributed by atoms with Crippen molar-refractivity contribution in [1.29, 1.82) is 0 Å². The second kappa shape index (κ2) is 11.2. The number of nitrogens with zero attached hydrogens (tertiary/aromatic N) is 4. The number of hydrogen-bond acceptors (Lipinski definition) is 5. The van der Waals surface area contributed by atoms with E-state index < -0.39 is 29.8 Å². The molecule has 2 bridgehead atoms. The summed E-state index contributed by atoms with van der Waals surface area (Å²) in [5.41, 5.74) is 1.81. The van der Waals surface area contributed by atoms with Crippen LogP contribution in [0.4, 0.5) is 18.9 Å². The Bertz CT molecular complexity index is 1640. The average Bonchev–Trinajstić information content (AvgIpc) is 3.28. The van der Waals surface area contributed by atoms with Gasteiger partial charge < -0.3 is 14.6 Å². The molecule has 0 spiro atoms. The second-order valence-corrected chi connectivity index (χ2v) is 10.0. The first-order valence-corrected chi connectivity index (χ1v) is 13.0. The maximum Gasteiger partial charge on any atom is 0.387 e. The highest BCUT2D eigenvalue weighted by Crippen LogP contribution is 2.37. The smallest absolute Gasteiger partial charge is 0.387 e. The van der Waals surface area contributed by atoms with Crippen molar-refractivity contribution in [2.45, 2.75) is 38.8 Å². The van der Waals surface area contributed by atoms with Gasteiger partial charge in [-0.3, -0.25) is 19.3 Å². The molecule has 12 heteroatoms. The first-order chi connectivity index (χ1) is 19.1. The normalized spacial score (nSPS) is 17.5. The van der Waals surface area contributed by atoms with Crippen LogP contribution in [0.5, 0.6) is 5.75 Å². The van der Waals surface area contributed by atoms with E-state index in [1.807, 2.05) is 13.0 Å². The molecule has 0 fully saturated rings. The molecule has 4 heterocycles. The fraction of sp³-hybridized carbons (Fsp3) is 0.286. The minimum absolute atomic E-state index is 0.0385.